The number of aryl methyl sites for hydroxylation is 1. The predicted octanol–water partition coefficient (Wildman–Crippen LogP) is 2.49. The number of guanidine groups is 1. The number of nitrogens with zero attached hydrogens (tertiary/aromatic N) is 2. The standard InChI is InChI=1S/C21H32N4O3S/c1-4-22-20(24-15-21(3,26)19-6-5-13-29-19)23-14-17(18-8-7-16(2)28-18)25-9-11-27-12-10-25/h5-8,13,17,26H,4,9-12,14-15H2,1-3H3,(H2,22,23,24). The molecule has 8 heteroatoms. The first-order chi connectivity index (χ1) is 14.0. The van der Waals surface area contributed by atoms with Crippen molar-refractivity contribution in [2.75, 3.05) is 45.9 Å². The smallest absolute Gasteiger partial charge is 0.191 e. The first kappa shape index (κ1) is 21.8. The number of ether oxygens (including phenoxy) is 1. The first-order valence-corrected chi connectivity index (χ1v) is 11.0. The lowest BCUT2D eigenvalue weighted by Crippen LogP contribution is -2.46. The first-order valence-electron chi connectivity index (χ1n) is 10.2. The number of aliphatic hydroxyl groups is 1. The predicted molar refractivity (Wildman–Crippen MR) is 116 cm³/mol. The molecule has 1 aliphatic rings. The third-order valence-electron chi connectivity index (χ3n) is 4.98. The lowest BCUT2D eigenvalue weighted by atomic mass is 10.1. The van der Waals surface area contributed by atoms with Crippen molar-refractivity contribution in [2.24, 2.45) is 4.99 Å². The van der Waals surface area contributed by atoms with E-state index in [0.717, 1.165) is 49.2 Å². The highest BCUT2D eigenvalue weighted by Gasteiger charge is 2.26. The van der Waals surface area contributed by atoms with Gasteiger partial charge in [0.15, 0.2) is 5.96 Å². The molecule has 3 N–H and O–H groups in total. The molecule has 0 bridgehead atoms. The molecule has 0 aromatic carbocycles. The van der Waals surface area contributed by atoms with Crippen molar-refractivity contribution in [3.05, 3.63) is 46.0 Å². The van der Waals surface area contributed by atoms with E-state index in [2.05, 4.69) is 20.5 Å². The van der Waals surface area contributed by atoms with Crippen LogP contribution in [0.3, 0.4) is 0 Å². The van der Waals surface area contributed by atoms with Gasteiger partial charge in [-0.2, -0.15) is 0 Å². The molecule has 2 atom stereocenters. The number of aliphatic imine (C=N–C) groups is 1. The topological polar surface area (TPSA) is 82.3 Å². The highest BCUT2D eigenvalue weighted by molar-refractivity contribution is 7.10. The summed E-state index contributed by atoms with van der Waals surface area (Å²) in [6.45, 7) is 10.7. The van der Waals surface area contributed by atoms with Crippen LogP contribution in [0.2, 0.25) is 0 Å². The van der Waals surface area contributed by atoms with Crippen molar-refractivity contribution in [3.8, 4) is 0 Å². The van der Waals surface area contributed by atoms with Gasteiger partial charge in [-0.15, -0.1) is 11.3 Å². The van der Waals surface area contributed by atoms with Gasteiger partial charge >= 0.3 is 0 Å². The van der Waals surface area contributed by atoms with E-state index in [4.69, 9.17) is 9.15 Å². The van der Waals surface area contributed by atoms with Gasteiger partial charge in [0.25, 0.3) is 0 Å². The van der Waals surface area contributed by atoms with Gasteiger partial charge in [0.2, 0.25) is 0 Å². The van der Waals surface area contributed by atoms with Crippen LogP contribution in [-0.4, -0.2) is 61.9 Å². The van der Waals surface area contributed by atoms with E-state index in [-0.39, 0.29) is 12.6 Å². The van der Waals surface area contributed by atoms with E-state index < -0.39 is 5.60 Å². The molecule has 3 rings (SSSR count). The van der Waals surface area contributed by atoms with Gasteiger partial charge in [-0.1, -0.05) is 6.07 Å². The van der Waals surface area contributed by atoms with Crippen LogP contribution in [0.5, 0.6) is 0 Å². The van der Waals surface area contributed by atoms with Crippen molar-refractivity contribution in [1.29, 1.82) is 0 Å². The van der Waals surface area contributed by atoms with Crippen LogP contribution >= 0.6 is 11.3 Å². The molecule has 2 aromatic rings. The van der Waals surface area contributed by atoms with E-state index >= 15 is 0 Å². The van der Waals surface area contributed by atoms with Gasteiger partial charge in [0.05, 0.1) is 25.8 Å². The number of thiophene rings is 1. The van der Waals surface area contributed by atoms with Crippen LogP contribution in [-0.2, 0) is 10.3 Å². The van der Waals surface area contributed by atoms with Crippen molar-refractivity contribution in [2.45, 2.75) is 32.4 Å². The summed E-state index contributed by atoms with van der Waals surface area (Å²) >= 11 is 1.54. The molecular weight excluding hydrogens is 388 g/mol. The van der Waals surface area contributed by atoms with E-state index in [1.54, 1.807) is 18.3 Å². The Morgan fingerprint density at radius 2 is 2.10 bits per heavy atom. The quantitative estimate of drug-likeness (QED) is 0.450. The summed E-state index contributed by atoms with van der Waals surface area (Å²) in [5, 5.41) is 19.4. The van der Waals surface area contributed by atoms with Crippen LogP contribution in [0, 0.1) is 6.92 Å². The minimum atomic E-state index is -0.988. The summed E-state index contributed by atoms with van der Waals surface area (Å²) in [5.74, 6) is 2.54. The Bertz CT molecular complexity index is 767. The van der Waals surface area contributed by atoms with Crippen molar-refractivity contribution in [3.63, 3.8) is 0 Å². The molecule has 160 valence electrons. The number of hydrogen-bond acceptors (Lipinski definition) is 6. The number of nitrogens with one attached hydrogen (secondary N) is 2. The number of hydrogen-bond donors (Lipinski definition) is 3. The maximum atomic E-state index is 10.8. The van der Waals surface area contributed by atoms with Crippen LogP contribution in [0.15, 0.2) is 39.1 Å². The maximum absolute atomic E-state index is 10.8. The second-order valence-electron chi connectivity index (χ2n) is 7.44. The number of morpholine rings is 1. The maximum Gasteiger partial charge on any atom is 0.191 e. The Morgan fingerprint density at radius 1 is 1.31 bits per heavy atom. The molecule has 3 heterocycles. The Morgan fingerprint density at radius 3 is 2.72 bits per heavy atom. The minimum absolute atomic E-state index is 0.0919. The van der Waals surface area contributed by atoms with Gasteiger partial charge < -0.3 is 24.9 Å². The summed E-state index contributed by atoms with van der Waals surface area (Å²) < 4.78 is 11.4. The molecule has 0 radical (unpaired) electrons. The molecule has 0 amide bonds. The zero-order valence-corrected chi connectivity index (χ0v) is 18.3. The molecule has 0 spiro atoms. The second kappa shape index (κ2) is 10.2. The summed E-state index contributed by atoms with van der Waals surface area (Å²) in [7, 11) is 0. The summed E-state index contributed by atoms with van der Waals surface area (Å²) in [6, 6.07) is 8.02. The molecule has 0 saturated carbocycles. The van der Waals surface area contributed by atoms with E-state index in [1.807, 2.05) is 43.5 Å². The third kappa shape index (κ3) is 6.05. The van der Waals surface area contributed by atoms with Crippen LogP contribution < -0.4 is 10.6 Å². The highest BCUT2D eigenvalue weighted by Crippen LogP contribution is 2.26. The second-order valence-corrected chi connectivity index (χ2v) is 8.39. The van der Waals surface area contributed by atoms with Crippen LogP contribution in [0.25, 0.3) is 0 Å². The number of rotatable bonds is 8. The van der Waals surface area contributed by atoms with Crippen LogP contribution in [0.4, 0.5) is 0 Å². The average molecular weight is 421 g/mol. The normalized spacial score (nSPS) is 19.0. The fourth-order valence-electron chi connectivity index (χ4n) is 3.36. The molecule has 29 heavy (non-hydrogen) atoms. The Hall–Kier alpha value is -1.87. The molecule has 1 saturated heterocycles. The highest BCUT2D eigenvalue weighted by atomic mass is 32.1. The molecule has 2 aromatic heterocycles. The van der Waals surface area contributed by atoms with Crippen LogP contribution in [0.1, 0.15) is 36.3 Å². The van der Waals surface area contributed by atoms with Gasteiger partial charge in [-0.25, -0.2) is 4.99 Å². The monoisotopic (exact) mass is 420 g/mol. The fourth-order valence-corrected chi connectivity index (χ4v) is 4.14. The lowest BCUT2D eigenvalue weighted by molar-refractivity contribution is 0.0124. The zero-order chi connectivity index (χ0) is 20.7. The van der Waals surface area contributed by atoms with Gasteiger partial charge in [0, 0.05) is 31.1 Å². The van der Waals surface area contributed by atoms with Crippen molar-refractivity contribution >= 4 is 17.3 Å². The molecular formula is C21H32N4O3S. The fraction of sp³-hybridized carbons (Fsp3) is 0.571. The molecule has 1 fully saturated rings. The lowest BCUT2D eigenvalue weighted by Gasteiger charge is -2.33. The van der Waals surface area contributed by atoms with E-state index in [0.29, 0.717) is 12.5 Å². The Kier molecular flexibility index (Phi) is 7.71. The van der Waals surface area contributed by atoms with E-state index in [1.165, 1.54) is 0 Å². The third-order valence-corrected chi connectivity index (χ3v) is 6.10. The molecule has 0 aliphatic carbocycles. The van der Waals surface area contributed by atoms with Crippen molar-refractivity contribution < 1.29 is 14.3 Å². The molecule has 2 unspecified atom stereocenters. The van der Waals surface area contributed by atoms with Crippen molar-refractivity contribution in [1.82, 2.24) is 15.5 Å². The molecule has 1 aliphatic heterocycles. The SMILES string of the molecule is CCNC(=NCC(C)(O)c1cccs1)NCC(c1ccc(C)o1)N1CCOCC1. The summed E-state index contributed by atoms with van der Waals surface area (Å²) in [4.78, 5) is 7.92. The Balaban J connectivity index is 1.68. The minimum Gasteiger partial charge on any atom is -0.465 e. The van der Waals surface area contributed by atoms with E-state index in [9.17, 15) is 5.11 Å². The largest absolute Gasteiger partial charge is 0.465 e. The van der Waals surface area contributed by atoms with Gasteiger partial charge in [-0.05, 0) is 44.4 Å². The molecule has 7 nitrogen and oxygen atoms in total. The summed E-state index contributed by atoms with van der Waals surface area (Å²) in [5.41, 5.74) is -0.988. The van der Waals surface area contributed by atoms with Gasteiger partial charge in [-0.3, -0.25) is 4.90 Å². The number of furan rings is 1. The summed E-state index contributed by atoms with van der Waals surface area (Å²) in [6.07, 6.45) is 0. The average Bonchev–Trinajstić information content (AvgIpc) is 3.40. The Labute approximate surface area is 176 Å². The zero-order valence-electron chi connectivity index (χ0n) is 17.5. The van der Waals surface area contributed by atoms with Gasteiger partial charge in [0.1, 0.15) is 17.1 Å².